The van der Waals surface area contributed by atoms with Crippen LogP contribution >= 0.6 is 0 Å². The van der Waals surface area contributed by atoms with Crippen molar-refractivity contribution in [2.24, 2.45) is 7.05 Å². The summed E-state index contributed by atoms with van der Waals surface area (Å²) in [5.74, 6) is 0. The first kappa shape index (κ1) is 6.85. The lowest BCUT2D eigenvalue weighted by Gasteiger charge is -2.15. The second-order valence-corrected chi connectivity index (χ2v) is 3.27. The summed E-state index contributed by atoms with van der Waals surface area (Å²) in [6.45, 7) is 3.26. The van der Waals surface area contributed by atoms with E-state index in [1.54, 1.807) is 0 Å². The van der Waals surface area contributed by atoms with Crippen LogP contribution in [0, 0.1) is 0 Å². The van der Waals surface area contributed by atoms with Gasteiger partial charge >= 0.3 is 0 Å². The average Bonchev–Trinajstić information content (AvgIpc) is 2.41. The number of aryl methyl sites for hydroxylation is 1. The molecule has 0 saturated carbocycles. The molecule has 1 unspecified atom stereocenters. The van der Waals surface area contributed by atoms with Gasteiger partial charge in [0.05, 0.1) is 11.9 Å². The molecule has 1 atom stereocenters. The van der Waals surface area contributed by atoms with Crippen molar-refractivity contribution in [3.8, 4) is 0 Å². The van der Waals surface area contributed by atoms with E-state index in [9.17, 15) is 0 Å². The van der Waals surface area contributed by atoms with Crippen LogP contribution in [-0.4, -0.2) is 21.7 Å². The maximum absolute atomic E-state index is 4.21. The zero-order valence-electron chi connectivity index (χ0n) is 7.20. The van der Waals surface area contributed by atoms with Gasteiger partial charge in [-0.3, -0.25) is 9.58 Å². The van der Waals surface area contributed by atoms with Crippen molar-refractivity contribution in [2.45, 2.75) is 19.5 Å². The van der Waals surface area contributed by atoms with E-state index in [-0.39, 0.29) is 0 Å². The molecule has 60 valence electrons. The molecule has 3 nitrogen and oxygen atoms in total. The Labute approximate surface area is 66.6 Å². The lowest BCUT2D eigenvalue weighted by Crippen LogP contribution is -2.15. The number of nitrogens with zero attached hydrogens (tertiary/aromatic N) is 3. The molecule has 0 spiro atoms. The van der Waals surface area contributed by atoms with Gasteiger partial charge in [-0.25, -0.2) is 0 Å². The highest BCUT2D eigenvalue weighted by molar-refractivity contribution is 5.25. The second kappa shape index (κ2) is 2.08. The Balaban J connectivity index is 2.49. The largest absolute Gasteiger partial charge is 0.294 e. The Kier molecular flexibility index (Phi) is 1.29. The highest BCUT2D eigenvalue weighted by Gasteiger charge is 2.26. The monoisotopic (exact) mass is 151 g/mol. The molecule has 1 aromatic rings. The minimum absolute atomic E-state index is 0.525. The lowest BCUT2D eigenvalue weighted by atomic mass is 10.2. The van der Waals surface area contributed by atoms with E-state index in [1.165, 1.54) is 11.3 Å². The average molecular weight is 151 g/mol. The Bertz CT molecular complexity index is 277. The van der Waals surface area contributed by atoms with Gasteiger partial charge in [-0.05, 0) is 14.0 Å². The third kappa shape index (κ3) is 0.807. The smallest absolute Gasteiger partial charge is 0.0594 e. The third-order valence-electron chi connectivity index (χ3n) is 2.54. The Morgan fingerprint density at radius 1 is 1.55 bits per heavy atom. The number of rotatable bonds is 0. The van der Waals surface area contributed by atoms with Crippen LogP contribution < -0.4 is 0 Å². The van der Waals surface area contributed by atoms with Crippen molar-refractivity contribution >= 4 is 0 Å². The molecular formula is C8H13N3. The second-order valence-electron chi connectivity index (χ2n) is 3.27. The maximum Gasteiger partial charge on any atom is 0.0594 e. The predicted octanol–water partition coefficient (Wildman–Crippen LogP) is 0.927. The molecule has 1 aliphatic rings. The predicted molar refractivity (Wildman–Crippen MR) is 43.1 cm³/mol. The molecule has 11 heavy (non-hydrogen) atoms. The molecule has 1 aromatic heterocycles. The van der Waals surface area contributed by atoms with Crippen molar-refractivity contribution in [3.63, 3.8) is 0 Å². The van der Waals surface area contributed by atoms with Gasteiger partial charge in [0, 0.05) is 25.2 Å². The van der Waals surface area contributed by atoms with Crippen molar-refractivity contribution in [3.05, 3.63) is 17.5 Å². The topological polar surface area (TPSA) is 21.1 Å². The lowest BCUT2D eigenvalue weighted by molar-refractivity contribution is 0.276. The van der Waals surface area contributed by atoms with Crippen molar-refractivity contribution in [1.29, 1.82) is 0 Å². The molecule has 1 aliphatic heterocycles. The van der Waals surface area contributed by atoms with E-state index < -0.39 is 0 Å². The zero-order chi connectivity index (χ0) is 8.01. The molecular weight excluding hydrogens is 138 g/mol. The van der Waals surface area contributed by atoms with Crippen LogP contribution in [0.3, 0.4) is 0 Å². The number of hydrogen-bond acceptors (Lipinski definition) is 2. The molecule has 0 fully saturated rings. The minimum Gasteiger partial charge on any atom is -0.294 e. The van der Waals surface area contributed by atoms with Crippen molar-refractivity contribution in [2.75, 3.05) is 7.05 Å². The summed E-state index contributed by atoms with van der Waals surface area (Å²) < 4.78 is 1.98. The van der Waals surface area contributed by atoms with Gasteiger partial charge in [0.15, 0.2) is 0 Å². The molecule has 0 saturated heterocycles. The van der Waals surface area contributed by atoms with Crippen LogP contribution in [-0.2, 0) is 13.6 Å². The summed E-state index contributed by atoms with van der Waals surface area (Å²) in [5.41, 5.74) is 2.75. The van der Waals surface area contributed by atoms with E-state index in [1.807, 2.05) is 17.9 Å². The first-order chi connectivity index (χ1) is 5.20. The van der Waals surface area contributed by atoms with Gasteiger partial charge in [-0.15, -0.1) is 0 Å². The molecule has 2 rings (SSSR count). The normalized spacial score (nSPS) is 24.1. The van der Waals surface area contributed by atoms with E-state index in [4.69, 9.17) is 0 Å². The quantitative estimate of drug-likeness (QED) is 0.550. The molecule has 0 aliphatic carbocycles. The molecule has 0 radical (unpaired) electrons. The fourth-order valence-corrected chi connectivity index (χ4v) is 1.77. The van der Waals surface area contributed by atoms with Crippen LogP contribution in [0.25, 0.3) is 0 Å². The molecule has 0 N–H and O–H groups in total. The van der Waals surface area contributed by atoms with Gasteiger partial charge in [0.25, 0.3) is 0 Å². The molecule has 2 heterocycles. The van der Waals surface area contributed by atoms with Crippen molar-refractivity contribution in [1.82, 2.24) is 14.7 Å². The van der Waals surface area contributed by atoms with E-state index in [0.29, 0.717) is 6.04 Å². The summed E-state index contributed by atoms with van der Waals surface area (Å²) in [7, 11) is 4.15. The van der Waals surface area contributed by atoms with E-state index >= 15 is 0 Å². The molecule has 0 amide bonds. The highest BCUT2D eigenvalue weighted by atomic mass is 15.3. The van der Waals surface area contributed by atoms with Crippen LogP contribution in [0.1, 0.15) is 24.2 Å². The fraction of sp³-hybridized carbons (Fsp3) is 0.625. The minimum atomic E-state index is 0.525. The Morgan fingerprint density at radius 3 is 2.91 bits per heavy atom. The van der Waals surface area contributed by atoms with Crippen LogP contribution in [0.15, 0.2) is 6.20 Å². The molecule has 0 bridgehead atoms. The maximum atomic E-state index is 4.21. The number of hydrogen-bond donors (Lipinski definition) is 0. The Morgan fingerprint density at radius 2 is 2.27 bits per heavy atom. The SMILES string of the molecule is CC1c2c(cnn2C)CN1C. The first-order valence-electron chi connectivity index (χ1n) is 3.91. The summed E-state index contributed by atoms with van der Waals surface area (Å²) >= 11 is 0. The van der Waals surface area contributed by atoms with E-state index in [0.717, 1.165) is 6.54 Å². The Hall–Kier alpha value is -0.830. The standard InChI is InChI=1S/C8H13N3/c1-6-8-7(5-10(6)2)4-9-11(8)3/h4,6H,5H2,1-3H3. The van der Waals surface area contributed by atoms with Crippen molar-refractivity contribution < 1.29 is 0 Å². The van der Waals surface area contributed by atoms with Gasteiger partial charge in [-0.2, -0.15) is 5.10 Å². The first-order valence-corrected chi connectivity index (χ1v) is 3.91. The summed E-state index contributed by atoms with van der Waals surface area (Å²) in [5, 5.41) is 4.21. The fourth-order valence-electron chi connectivity index (χ4n) is 1.77. The van der Waals surface area contributed by atoms with Crippen LogP contribution in [0.4, 0.5) is 0 Å². The molecule has 0 aromatic carbocycles. The summed E-state index contributed by atoms with van der Waals surface area (Å²) in [6.07, 6.45) is 1.97. The van der Waals surface area contributed by atoms with Crippen LogP contribution in [0.2, 0.25) is 0 Å². The highest BCUT2D eigenvalue weighted by Crippen LogP contribution is 2.30. The van der Waals surface area contributed by atoms with Gasteiger partial charge in [0.1, 0.15) is 0 Å². The number of fused-ring (bicyclic) bond motifs is 1. The zero-order valence-corrected chi connectivity index (χ0v) is 7.20. The summed E-state index contributed by atoms with van der Waals surface area (Å²) in [4.78, 5) is 2.33. The van der Waals surface area contributed by atoms with Gasteiger partial charge in [-0.1, -0.05) is 0 Å². The third-order valence-corrected chi connectivity index (χ3v) is 2.54. The van der Waals surface area contributed by atoms with Gasteiger partial charge < -0.3 is 0 Å². The van der Waals surface area contributed by atoms with Gasteiger partial charge in [0.2, 0.25) is 0 Å². The van der Waals surface area contributed by atoms with Crippen LogP contribution in [0.5, 0.6) is 0 Å². The summed E-state index contributed by atoms with van der Waals surface area (Å²) in [6, 6.07) is 0.525. The van der Waals surface area contributed by atoms with E-state index in [2.05, 4.69) is 24.0 Å². The number of aromatic nitrogens is 2. The molecule has 3 heteroatoms.